The van der Waals surface area contributed by atoms with Crippen molar-refractivity contribution in [2.45, 2.75) is 76.9 Å². The van der Waals surface area contributed by atoms with Crippen LogP contribution >= 0.6 is 50.1 Å². The Morgan fingerprint density at radius 3 is 2.14 bits per heavy atom. The number of hydrogen-bond acceptors (Lipinski definition) is 6. The summed E-state index contributed by atoms with van der Waals surface area (Å²) in [6.07, 6.45) is 11.3. The van der Waals surface area contributed by atoms with Gasteiger partial charge in [0.2, 0.25) is 0 Å². The molecule has 0 aliphatic carbocycles. The number of ether oxygens (including phenoxy) is 2. The number of thiophene rings is 1. The van der Waals surface area contributed by atoms with Gasteiger partial charge in [0.05, 0.1) is 0 Å². The molecule has 1 atom stereocenters. The molecule has 276 valence electrons. The number of likely N-dealkylation sites (N-methyl/N-ethyl adjacent to an activating group) is 1. The summed E-state index contributed by atoms with van der Waals surface area (Å²) in [5.74, 6) is 2.54. The second-order valence-electron chi connectivity index (χ2n) is 15.8. The molecule has 0 spiro atoms. The van der Waals surface area contributed by atoms with Gasteiger partial charge >= 0.3 is 0 Å². The minimum Gasteiger partial charge on any atom is -0.492 e. The van der Waals surface area contributed by atoms with Crippen LogP contribution in [-0.2, 0) is 4.79 Å². The maximum atomic E-state index is 10.6. The Morgan fingerprint density at radius 1 is 0.900 bits per heavy atom. The number of halogens is 1. The molecule has 5 nitrogen and oxygen atoms in total. The Kier molecular flexibility index (Phi) is 13.4. The minimum absolute atomic E-state index is 0.0540. The molecule has 0 bridgehead atoms. The Labute approximate surface area is 321 Å². The molecule has 1 unspecified atom stereocenters. The number of hydrogen-bond donors (Lipinski definition) is 0. The molecule has 0 N–H and O–H groups in total. The van der Waals surface area contributed by atoms with E-state index in [-0.39, 0.29) is 18.1 Å². The normalized spacial score (nSPS) is 15.4. The summed E-state index contributed by atoms with van der Waals surface area (Å²) in [6, 6.07) is 21.3. The van der Waals surface area contributed by atoms with Crippen molar-refractivity contribution in [2.24, 2.45) is 0 Å². The Morgan fingerprint density at radius 2 is 1.54 bits per heavy atom. The van der Waals surface area contributed by atoms with Crippen molar-refractivity contribution in [1.82, 2.24) is 4.90 Å². The van der Waals surface area contributed by atoms with E-state index in [1.807, 2.05) is 23.5 Å². The van der Waals surface area contributed by atoms with Crippen LogP contribution in [0.5, 0.6) is 17.2 Å². The van der Waals surface area contributed by atoms with Gasteiger partial charge in [-0.1, -0.05) is 55.3 Å². The number of aryl methyl sites for hydroxylation is 1. The maximum absolute atomic E-state index is 10.6. The number of fused-ring (bicyclic) bond motifs is 5. The van der Waals surface area contributed by atoms with Crippen LogP contribution in [0.25, 0.3) is 20.5 Å². The number of aldehydes is 1. The summed E-state index contributed by atoms with van der Waals surface area (Å²) < 4.78 is 21.3. The lowest BCUT2D eigenvalue weighted by atomic mass is 9.93. The van der Waals surface area contributed by atoms with E-state index in [0.29, 0.717) is 17.8 Å². The van der Waals surface area contributed by atoms with Gasteiger partial charge in [-0.2, -0.15) is 7.20 Å². The molecule has 50 heavy (non-hydrogen) atoms. The predicted octanol–water partition coefficient (Wildman–Crippen LogP) is 12.0. The van der Waals surface area contributed by atoms with Gasteiger partial charge in [-0.15, -0.1) is 11.3 Å². The van der Waals surface area contributed by atoms with Crippen molar-refractivity contribution in [3.05, 3.63) is 77.4 Å². The number of unbranched alkanes of at least 4 members (excludes halogenated alkanes) is 1. The number of nitrogens with zero attached hydrogens (tertiary/aromatic N) is 1. The fourth-order valence-corrected chi connectivity index (χ4v) is 7.12. The zero-order chi connectivity index (χ0) is 37.1. The van der Waals surface area contributed by atoms with Crippen LogP contribution in [0.4, 0.5) is 0 Å². The summed E-state index contributed by atoms with van der Waals surface area (Å²) in [5, 5.41) is 1.24. The van der Waals surface area contributed by atoms with E-state index in [1.165, 1.54) is 26.1 Å². The lowest BCUT2D eigenvalue weighted by Gasteiger charge is -2.43. The standard InChI is InChI=1S/C35H43NO4S2.C6H15IS/c1-24-10-16-29-31(22-24)41-34-28-17-15-27(40-42(6,7)35(2,3)4)23-30(28)39-33(32(29)34)25-11-13-26(14-12-25)38-21-19-36(5)18-8-9-20-37;1-6(2,3)8(4,5)7/h10-17,20,22-23,33H,8-9,18-19,21H2,1-7H3;1-5H3. The van der Waals surface area contributed by atoms with Crippen molar-refractivity contribution >= 4 is 66.4 Å². The molecule has 0 fully saturated rings. The minimum atomic E-state index is -1.34. The lowest BCUT2D eigenvalue weighted by molar-refractivity contribution is -0.108. The predicted molar refractivity (Wildman–Crippen MR) is 232 cm³/mol. The van der Waals surface area contributed by atoms with Crippen molar-refractivity contribution < 1.29 is 18.5 Å². The maximum Gasteiger partial charge on any atom is 0.151 e. The van der Waals surface area contributed by atoms with Crippen LogP contribution in [0.1, 0.15) is 77.2 Å². The monoisotopic (exact) mass is 851 g/mol. The fourth-order valence-electron chi connectivity index (χ4n) is 4.92. The molecule has 9 heteroatoms. The van der Waals surface area contributed by atoms with Gasteiger partial charge in [-0.05, 0) is 140 Å². The summed E-state index contributed by atoms with van der Waals surface area (Å²) in [4.78, 5) is 14.0. The molecular weight excluding hydrogens is 794 g/mol. The van der Waals surface area contributed by atoms with E-state index in [2.05, 4.69) is 155 Å². The first-order valence-corrected chi connectivity index (χ1v) is 25.4. The third kappa shape index (κ3) is 10.1. The summed E-state index contributed by atoms with van der Waals surface area (Å²) >= 11 is 4.40. The molecule has 5 rings (SSSR count). The highest BCUT2D eigenvalue weighted by Gasteiger charge is 2.34. The highest BCUT2D eigenvalue weighted by Crippen LogP contribution is 2.60. The lowest BCUT2D eigenvalue weighted by Crippen LogP contribution is -2.27. The Bertz CT molecular complexity index is 1740. The molecule has 2 heterocycles. The molecule has 0 amide bonds. The van der Waals surface area contributed by atoms with E-state index < -0.39 is 10.3 Å². The van der Waals surface area contributed by atoms with Crippen molar-refractivity contribution in [3.63, 3.8) is 0 Å². The van der Waals surface area contributed by atoms with Gasteiger partial charge in [-0.25, -0.2) is 0 Å². The summed E-state index contributed by atoms with van der Waals surface area (Å²) in [5.41, 5.74) is 4.69. The largest absolute Gasteiger partial charge is 0.492 e. The van der Waals surface area contributed by atoms with Gasteiger partial charge in [0.1, 0.15) is 30.1 Å². The van der Waals surface area contributed by atoms with Crippen LogP contribution in [0.2, 0.25) is 0 Å². The molecule has 0 saturated carbocycles. The molecule has 0 radical (unpaired) electrons. The zero-order valence-corrected chi connectivity index (χ0v) is 36.8. The second kappa shape index (κ2) is 16.4. The van der Waals surface area contributed by atoms with Gasteiger partial charge in [-0.3, -0.25) is 0 Å². The molecule has 4 aromatic rings. The fraction of sp³-hybridized carbons (Fsp3) is 0.488. The van der Waals surface area contributed by atoms with Gasteiger partial charge in [0.25, 0.3) is 0 Å². The van der Waals surface area contributed by atoms with Crippen LogP contribution in [-0.4, -0.2) is 72.4 Å². The highest BCUT2D eigenvalue weighted by atomic mass is 127. The molecule has 1 aromatic heterocycles. The first-order valence-electron chi connectivity index (χ1n) is 17.3. The van der Waals surface area contributed by atoms with Crippen LogP contribution in [0, 0.1) is 6.92 Å². The smallest absolute Gasteiger partial charge is 0.151 e. The number of benzene rings is 3. The van der Waals surface area contributed by atoms with E-state index >= 15 is 0 Å². The molecule has 0 saturated heterocycles. The van der Waals surface area contributed by atoms with Crippen LogP contribution in [0.15, 0.2) is 60.7 Å². The molecule has 3 aromatic carbocycles. The van der Waals surface area contributed by atoms with Crippen LogP contribution < -0.4 is 13.7 Å². The van der Waals surface area contributed by atoms with Gasteiger partial charge in [0.15, 0.2) is 6.10 Å². The Balaban J connectivity index is 0.000000627. The molecular formula is C41H58INO4S3. The topological polar surface area (TPSA) is 48.0 Å². The quantitative estimate of drug-likeness (QED) is 0.0855. The number of carbonyl (C=O) groups excluding carboxylic acids is 1. The first-order chi connectivity index (χ1) is 23.2. The van der Waals surface area contributed by atoms with Crippen molar-refractivity contribution in [1.29, 1.82) is 0 Å². The van der Waals surface area contributed by atoms with E-state index in [0.717, 1.165) is 54.2 Å². The summed E-state index contributed by atoms with van der Waals surface area (Å²) in [6.45, 7) is 18.0. The van der Waals surface area contributed by atoms with Crippen molar-refractivity contribution in [3.8, 4) is 27.7 Å². The number of carbonyl (C=O) groups is 1. The zero-order valence-electron chi connectivity index (χ0n) is 32.1. The van der Waals surface area contributed by atoms with Gasteiger partial charge < -0.3 is 23.4 Å². The second-order valence-corrected chi connectivity index (χ2v) is 30.9. The molecule has 1 aliphatic rings. The summed E-state index contributed by atoms with van der Waals surface area (Å²) in [7, 11) is 0.350. The van der Waals surface area contributed by atoms with Gasteiger partial charge in [0, 0.05) is 49.9 Å². The third-order valence-electron chi connectivity index (χ3n) is 9.61. The van der Waals surface area contributed by atoms with E-state index in [1.54, 1.807) is 0 Å². The van der Waals surface area contributed by atoms with E-state index in [9.17, 15) is 4.79 Å². The third-order valence-corrected chi connectivity index (χ3v) is 21.2. The Hall–Kier alpha value is -1.92. The van der Waals surface area contributed by atoms with Crippen LogP contribution in [0.3, 0.4) is 0 Å². The number of rotatable bonds is 11. The SMILES string of the molecule is CC(C)(C)S(C)(C)I.Cc1ccc2c3c(sc2c1)-c1ccc(OS(C)(C)C(C)(C)C)cc1OC3c1ccc(OCCN(C)CCCC=O)cc1. The molecule has 1 aliphatic heterocycles. The highest BCUT2D eigenvalue weighted by molar-refractivity contribution is 14.2. The van der Waals surface area contributed by atoms with Crippen molar-refractivity contribution in [2.75, 3.05) is 51.8 Å². The average molecular weight is 852 g/mol. The van der Waals surface area contributed by atoms with E-state index in [4.69, 9.17) is 13.7 Å². The average Bonchev–Trinajstić information content (AvgIpc) is 3.38. The first kappa shape index (κ1) is 40.8.